The van der Waals surface area contributed by atoms with Crippen molar-refractivity contribution in [3.63, 3.8) is 0 Å². The van der Waals surface area contributed by atoms with E-state index < -0.39 is 9.70 Å². The second-order valence-corrected chi connectivity index (χ2v) is 8.47. The van der Waals surface area contributed by atoms with Crippen LogP contribution in [-0.2, 0) is 16.1 Å². The van der Waals surface area contributed by atoms with Gasteiger partial charge < -0.3 is 4.74 Å². The summed E-state index contributed by atoms with van der Waals surface area (Å²) in [6.07, 6.45) is 0. The van der Waals surface area contributed by atoms with E-state index in [4.69, 9.17) is 39.5 Å². The molecule has 3 rings (SSSR count). The van der Waals surface area contributed by atoms with Crippen molar-refractivity contribution in [1.82, 2.24) is 9.88 Å². The Bertz CT molecular complexity index is 711. The second kappa shape index (κ2) is 7.09. The lowest BCUT2D eigenvalue weighted by molar-refractivity contribution is -0.115. The molecule has 1 aliphatic heterocycles. The Balaban J connectivity index is 1.74. The van der Waals surface area contributed by atoms with Crippen LogP contribution in [0, 0.1) is 0 Å². The molecule has 1 fully saturated rings. The average Bonchev–Trinajstić information content (AvgIpc) is 2.89. The predicted molar refractivity (Wildman–Crippen MR) is 94.6 cm³/mol. The Labute approximate surface area is 152 Å². The molecule has 9 heteroatoms. The molecule has 2 heterocycles. The first-order chi connectivity index (χ1) is 10.9. The highest BCUT2D eigenvalue weighted by molar-refractivity contribution is 7.22. The van der Waals surface area contributed by atoms with Crippen LogP contribution in [0.4, 0.5) is 5.13 Å². The summed E-state index contributed by atoms with van der Waals surface area (Å²) >= 11 is 18.0. The fraction of sp³-hybridized carbons (Fsp3) is 0.429. The van der Waals surface area contributed by atoms with Crippen LogP contribution in [0.1, 0.15) is 5.56 Å². The number of anilines is 1. The standard InChI is InChI=1S/C14H14Cl3N3O2S/c15-14(16,17)12(21)19-13-18-10-2-1-9(7-11(10)23-13)8-20-3-5-22-6-4-20/h1-2,7H,3-6,8H2,(H,18,19,21). The van der Waals surface area contributed by atoms with Gasteiger partial charge in [-0.1, -0.05) is 52.2 Å². The van der Waals surface area contributed by atoms with Crippen LogP contribution in [0.3, 0.4) is 0 Å². The minimum absolute atomic E-state index is 0.417. The number of halogens is 3. The number of fused-ring (bicyclic) bond motifs is 1. The number of ether oxygens (including phenoxy) is 1. The van der Waals surface area contributed by atoms with E-state index in [0.717, 1.165) is 43.1 Å². The van der Waals surface area contributed by atoms with Gasteiger partial charge in [0.15, 0.2) is 5.13 Å². The largest absolute Gasteiger partial charge is 0.379 e. The number of amides is 1. The first-order valence-corrected chi connectivity index (χ1v) is 8.94. The molecular weight excluding hydrogens is 381 g/mol. The summed E-state index contributed by atoms with van der Waals surface area (Å²) in [7, 11) is 0. The number of carbonyl (C=O) groups excluding carboxylic acids is 1. The number of alkyl halides is 3. The molecule has 0 saturated carbocycles. The van der Waals surface area contributed by atoms with Gasteiger partial charge in [-0.25, -0.2) is 4.98 Å². The van der Waals surface area contributed by atoms with Crippen LogP contribution >= 0.6 is 46.1 Å². The molecule has 1 saturated heterocycles. The van der Waals surface area contributed by atoms with E-state index in [1.165, 1.54) is 16.9 Å². The molecule has 0 radical (unpaired) electrons. The Morgan fingerprint density at radius 2 is 2.09 bits per heavy atom. The Morgan fingerprint density at radius 3 is 2.78 bits per heavy atom. The molecule has 23 heavy (non-hydrogen) atoms. The van der Waals surface area contributed by atoms with E-state index in [2.05, 4.69) is 21.3 Å². The number of carbonyl (C=O) groups is 1. The SMILES string of the molecule is O=C(Nc1nc2ccc(CN3CCOCC3)cc2s1)C(Cl)(Cl)Cl. The van der Waals surface area contributed by atoms with Crippen LogP contribution in [0.2, 0.25) is 0 Å². The zero-order valence-corrected chi connectivity index (χ0v) is 15.1. The van der Waals surface area contributed by atoms with Gasteiger partial charge in [0.1, 0.15) is 0 Å². The van der Waals surface area contributed by atoms with Gasteiger partial charge in [-0.2, -0.15) is 0 Å². The van der Waals surface area contributed by atoms with Crippen LogP contribution < -0.4 is 5.32 Å². The van der Waals surface area contributed by atoms with Gasteiger partial charge in [0.05, 0.1) is 23.4 Å². The molecule has 1 N–H and O–H groups in total. The van der Waals surface area contributed by atoms with Gasteiger partial charge in [0.25, 0.3) is 9.70 Å². The minimum Gasteiger partial charge on any atom is -0.379 e. The van der Waals surface area contributed by atoms with Crippen LogP contribution in [0.25, 0.3) is 10.2 Å². The Hall–Kier alpha value is -0.630. The normalized spacial score (nSPS) is 16.7. The summed E-state index contributed by atoms with van der Waals surface area (Å²) in [4.78, 5) is 18.4. The molecule has 0 spiro atoms. The highest BCUT2D eigenvalue weighted by atomic mass is 35.6. The number of hydrogen-bond donors (Lipinski definition) is 1. The van der Waals surface area contributed by atoms with E-state index in [1.807, 2.05) is 12.1 Å². The van der Waals surface area contributed by atoms with Crippen LogP contribution in [0.15, 0.2) is 18.2 Å². The third-order valence-corrected chi connectivity index (χ3v) is 4.89. The molecule has 1 aliphatic rings. The quantitative estimate of drug-likeness (QED) is 0.810. The molecule has 1 aromatic heterocycles. The summed E-state index contributed by atoms with van der Waals surface area (Å²) in [5, 5.41) is 2.93. The Morgan fingerprint density at radius 1 is 1.35 bits per heavy atom. The lowest BCUT2D eigenvalue weighted by atomic mass is 10.2. The molecule has 2 aromatic rings. The zero-order valence-electron chi connectivity index (χ0n) is 12.0. The van der Waals surface area contributed by atoms with Gasteiger partial charge in [-0.15, -0.1) is 0 Å². The topological polar surface area (TPSA) is 54.5 Å². The number of nitrogens with one attached hydrogen (secondary N) is 1. The highest BCUT2D eigenvalue weighted by Gasteiger charge is 2.31. The molecule has 0 atom stereocenters. The molecule has 1 aromatic carbocycles. The molecule has 0 aliphatic carbocycles. The molecule has 0 bridgehead atoms. The highest BCUT2D eigenvalue weighted by Crippen LogP contribution is 2.31. The van der Waals surface area contributed by atoms with E-state index in [9.17, 15) is 4.79 Å². The third-order valence-electron chi connectivity index (χ3n) is 3.44. The summed E-state index contributed by atoms with van der Waals surface area (Å²) in [5.41, 5.74) is 2.00. The number of nitrogens with zero attached hydrogens (tertiary/aromatic N) is 2. The van der Waals surface area contributed by atoms with Crippen molar-refractivity contribution in [2.75, 3.05) is 31.6 Å². The second-order valence-electron chi connectivity index (χ2n) is 5.16. The first kappa shape index (κ1) is 17.2. The number of hydrogen-bond acceptors (Lipinski definition) is 5. The smallest absolute Gasteiger partial charge is 0.278 e. The summed E-state index contributed by atoms with van der Waals surface area (Å²) in [5.74, 6) is -0.713. The number of rotatable bonds is 3. The van der Waals surface area contributed by atoms with Gasteiger partial charge in [0, 0.05) is 19.6 Å². The number of benzene rings is 1. The number of aromatic nitrogens is 1. The van der Waals surface area contributed by atoms with E-state index in [0.29, 0.717) is 5.13 Å². The summed E-state index contributed by atoms with van der Waals surface area (Å²) < 4.78 is 4.33. The molecule has 5 nitrogen and oxygen atoms in total. The van der Waals surface area contributed by atoms with Gasteiger partial charge >= 0.3 is 0 Å². The fourth-order valence-electron chi connectivity index (χ4n) is 2.31. The van der Waals surface area contributed by atoms with Crippen LogP contribution in [-0.4, -0.2) is 45.9 Å². The van der Waals surface area contributed by atoms with Crippen LogP contribution in [0.5, 0.6) is 0 Å². The van der Waals surface area contributed by atoms with Gasteiger partial charge in [-0.3, -0.25) is 15.0 Å². The fourth-order valence-corrected chi connectivity index (χ4v) is 3.37. The monoisotopic (exact) mass is 393 g/mol. The van der Waals surface area contributed by atoms with Crippen molar-refractivity contribution in [3.05, 3.63) is 23.8 Å². The number of morpholine rings is 1. The lowest BCUT2D eigenvalue weighted by Gasteiger charge is -2.26. The first-order valence-electron chi connectivity index (χ1n) is 6.99. The predicted octanol–water partition coefficient (Wildman–Crippen LogP) is 3.44. The van der Waals surface area contributed by atoms with Crippen molar-refractivity contribution in [1.29, 1.82) is 0 Å². The molecule has 0 unspecified atom stereocenters. The van der Waals surface area contributed by atoms with Crippen molar-refractivity contribution in [2.45, 2.75) is 10.3 Å². The Kier molecular flexibility index (Phi) is 5.30. The van der Waals surface area contributed by atoms with Crippen molar-refractivity contribution < 1.29 is 9.53 Å². The molecule has 124 valence electrons. The molecular formula is C14H14Cl3N3O2S. The van der Waals surface area contributed by atoms with E-state index >= 15 is 0 Å². The number of thiazole rings is 1. The minimum atomic E-state index is -2.00. The average molecular weight is 395 g/mol. The van der Waals surface area contributed by atoms with Gasteiger partial charge in [0.2, 0.25) is 0 Å². The van der Waals surface area contributed by atoms with Gasteiger partial charge in [-0.05, 0) is 17.7 Å². The van der Waals surface area contributed by atoms with Crippen molar-refractivity contribution >= 4 is 67.4 Å². The van der Waals surface area contributed by atoms with E-state index in [-0.39, 0.29) is 0 Å². The summed E-state index contributed by atoms with van der Waals surface area (Å²) in [6, 6.07) is 6.05. The molecule has 1 amide bonds. The maximum Gasteiger partial charge on any atom is 0.278 e. The lowest BCUT2D eigenvalue weighted by Crippen LogP contribution is -2.35. The maximum atomic E-state index is 11.7. The maximum absolute atomic E-state index is 11.7. The van der Waals surface area contributed by atoms with Crippen molar-refractivity contribution in [2.24, 2.45) is 0 Å². The van der Waals surface area contributed by atoms with E-state index in [1.54, 1.807) is 0 Å². The third kappa shape index (κ3) is 4.47. The van der Waals surface area contributed by atoms with Crippen molar-refractivity contribution in [3.8, 4) is 0 Å². The zero-order chi connectivity index (χ0) is 16.4. The summed E-state index contributed by atoms with van der Waals surface area (Å²) in [6.45, 7) is 4.29.